The minimum Gasteiger partial charge on any atom is -0.327 e. The minimum absolute atomic E-state index is 0. The van der Waals surface area contributed by atoms with E-state index in [4.69, 9.17) is 5.73 Å². The largest absolute Gasteiger partial charge is 0.327 e. The first-order valence-corrected chi connectivity index (χ1v) is 8.37. The van der Waals surface area contributed by atoms with E-state index in [1.54, 1.807) is 19.1 Å². The number of hydrogen-bond acceptors (Lipinski definition) is 4. The van der Waals surface area contributed by atoms with E-state index in [0.717, 1.165) is 0 Å². The van der Waals surface area contributed by atoms with Crippen LogP contribution in [0.3, 0.4) is 0 Å². The summed E-state index contributed by atoms with van der Waals surface area (Å²) < 4.78 is 26.4. The van der Waals surface area contributed by atoms with Gasteiger partial charge in [0.2, 0.25) is 10.0 Å². The van der Waals surface area contributed by atoms with Crippen LogP contribution in [0, 0.1) is 24.2 Å². The van der Waals surface area contributed by atoms with Crippen molar-refractivity contribution in [2.75, 3.05) is 13.6 Å². The van der Waals surface area contributed by atoms with Crippen LogP contribution in [0.4, 0.5) is 0 Å². The van der Waals surface area contributed by atoms with Crippen molar-refractivity contribution in [3.05, 3.63) is 29.3 Å². The number of nitriles is 1. The molecule has 22 heavy (non-hydrogen) atoms. The van der Waals surface area contributed by atoms with E-state index >= 15 is 0 Å². The normalized spacial score (nSPS) is 12.8. The number of nitrogens with zero attached hydrogens (tertiary/aromatic N) is 2. The van der Waals surface area contributed by atoms with Crippen molar-refractivity contribution in [3.8, 4) is 6.07 Å². The predicted octanol–water partition coefficient (Wildman–Crippen LogP) is 2.28. The summed E-state index contributed by atoms with van der Waals surface area (Å²) in [6.45, 7) is 6.08. The Morgan fingerprint density at radius 1 is 1.36 bits per heavy atom. The molecule has 0 heterocycles. The topological polar surface area (TPSA) is 87.2 Å². The van der Waals surface area contributed by atoms with Crippen molar-refractivity contribution in [2.24, 2.45) is 11.7 Å². The summed E-state index contributed by atoms with van der Waals surface area (Å²) in [6.07, 6.45) is 0.584. The van der Waals surface area contributed by atoms with Gasteiger partial charge in [0.25, 0.3) is 0 Å². The maximum atomic E-state index is 12.6. The molecule has 0 saturated heterocycles. The lowest BCUT2D eigenvalue weighted by molar-refractivity contribution is 0.397. The first-order chi connectivity index (χ1) is 9.71. The highest BCUT2D eigenvalue weighted by Crippen LogP contribution is 2.22. The Balaban J connectivity index is 0.00000441. The number of hydrogen-bond donors (Lipinski definition) is 1. The Bertz CT molecular complexity index is 639. The maximum Gasteiger partial charge on any atom is 0.244 e. The molecule has 124 valence electrons. The zero-order chi connectivity index (χ0) is 16.2. The molecule has 0 aliphatic rings. The van der Waals surface area contributed by atoms with Crippen molar-refractivity contribution < 1.29 is 8.42 Å². The molecule has 0 bridgehead atoms. The SMILES string of the molecule is Cc1cccc(S(=O)(=O)N(C)CCC(N)C(C)C)c1C#N.Cl. The van der Waals surface area contributed by atoms with E-state index < -0.39 is 10.0 Å². The zero-order valence-electron chi connectivity index (χ0n) is 13.4. The third kappa shape index (κ3) is 4.68. The Kier molecular flexibility index (Phi) is 8.05. The molecule has 7 heteroatoms. The van der Waals surface area contributed by atoms with Crippen molar-refractivity contribution >= 4 is 22.4 Å². The van der Waals surface area contributed by atoms with Gasteiger partial charge in [-0.25, -0.2) is 12.7 Å². The predicted molar refractivity (Wildman–Crippen MR) is 90.4 cm³/mol. The summed E-state index contributed by atoms with van der Waals surface area (Å²) in [7, 11) is -2.15. The Morgan fingerprint density at radius 3 is 2.45 bits per heavy atom. The second-order valence-electron chi connectivity index (χ2n) is 5.58. The van der Waals surface area contributed by atoms with Crippen LogP contribution in [0.25, 0.3) is 0 Å². The van der Waals surface area contributed by atoms with E-state index in [0.29, 0.717) is 24.4 Å². The number of aryl methyl sites for hydroxylation is 1. The van der Waals surface area contributed by atoms with Gasteiger partial charge in [0.15, 0.2) is 0 Å². The molecule has 1 rings (SSSR count). The lowest BCUT2D eigenvalue weighted by Crippen LogP contribution is -2.35. The molecule has 0 aliphatic heterocycles. The van der Waals surface area contributed by atoms with Crippen LogP contribution in [0.5, 0.6) is 0 Å². The fourth-order valence-corrected chi connectivity index (χ4v) is 3.35. The second-order valence-corrected chi connectivity index (χ2v) is 7.60. The molecular weight excluding hydrogens is 322 g/mol. The Hall–Kier alpha value is -1.13. The number of halogens is 1. The van der Waals surface area contributed by atoms with E-state index in [1.165, 1.54) is 17.4 Å². The zero-order valence-corrected chi connectivity index (χ0v) is 15.0. The van der Waals surface area contributed by atoms with Gasteiger partial charge in [-0.1, -0.05) is 26.0 Å². The Morgan fingerprint density at radius 2 is 1.95 bits per heavy atom. The molecule has 1 atom stereocenters. The molecule has 1 aromatic carbocycles. The first-order valence-electron chi connectivity index (χ1n) is 6.93. The van der Waals surface area contributed by atoms with Crippen molar-refractivity contribution in [1.29, 1.82) is 5.26 Å². The van der Waals surface area contributed by atoms with Crippen LogP contribution in [0.15, 0.2) is 23.1 Å². The summed E-state index contributed by atoms with van der Waals surface area (Å²) in [5.41, 5.74) is 6.82. The van der Waals surface area contributed by atoms with Crippen LogP contribution < -0.4 is 5.73 Å². The van der Waals surface area contributed by atoms with Crippen LogP contribution in [-0.4, -0.2) is 32.4 Å². The van der Waals surface area contributed by atoms with Gasteiger partial charge < -0.3 is 5.73 Å². The molecule has 2 N–H and O–H groups in total. The van der Waals surface area contributed by atoms with Gasteiger partial charge in [0.05, 0.1) is 5.56 Å². The van der Waals surface area contributed by atoms with E-state index in [9.17, 15) is 13.7 Å². The van der Waals surface area contributed by atoms with Crippen LogP contribution in [0.2, 0.25) is 0 Å². The van der Waals surface area contributed by atoms with Crippen molar-refractivity contribution in [3.63, 3.8) is 0 Å². The maximum absolute atomic E-state index is 12.6. The van der Waals surface area contributed by atoms with E-state index in [-0.39, 0.29) is 28.9 Å². The number of sulfonamides is 1. The van der Waals surface area contributed by atoms with Crippen LogP contribution in [-0.2, 0) is 10.0 Å². The van der Waals surface area contributed by atoms with Crippen LogP contribution >= 0.6 is 12.4 Å². The summed E-state index contributed by atoms with van der Waals surface area (Å²) in [6, 6.07) is 6.78. The van der Waals surface area contributed by atoms with Gasteiger partial charge >= 0.3 is 0 Å². The molecule has 0 aliphatic carbocycles. The molecule has 0 spiro atoms. The summed E-state index contributed by atoms with van der Waals surface area (Å²) in [5, 5.41) is 9.18. The summed E-state index contributed by atoms with van der Waals surface area (Å²) in [4.78, 5) is 0.0608. The van der Waals surface area contributed by atoms with Gasteiger partial charge in [-0.3, -0.25) is 0 Å². The smallest absolute Gasteiger partial charge is 0.244 e. The van der Waals surface area contributed by atoms with Gasteiger partial charge in [0.1, 0.15) is 11.0 Å². The molecule has 1 aromatic rings. The highest BCUT2D eigenvalue weighted by atomic mass is 35.5. The highest BCUT2D eigenvalue weighted by molar-refractivity contribution is 7.89. The molecular formula is C15H24ClN3O2S. The lowest BCUT2D eigenvalue weighted by Gasteiger charge is -2.22. The fraction of sp³-hybridized carbons (Fsp3) is 0.533. The Labute approximate surface area is 139 Å². The van der Waals surface area contributed by atoms with E-state index in [2.05, 4.69) is 0 Å². The molecule has 5 nitrogen and oxygen atoms in total. The molecule has 0 amide bonds. The van der Waals surface area contributed by atoms with Crippen molar-refractivity contribution in [1.82, 2.24) is 4.31 Å². The summed E-state index contributed by atoms with van der Waals surface area (Å²) in [5.74, 6) is 0.301. The standard InChI is InChI=1S/C15H23N3O2S.ClH/c1-11(2)14(17)8-9-18(4)21(19,20)15-7-5-6-12(3)13(15)10-16;/h5-7,11,14H,8-9,17H2,1-4H3;1H. The quantitative estimate of drug-likeness (QED) is 0.856. The lowest BCUT2D eigenvalue weighted by atomic mass is 10.0. The minimum atomic E-state index is -3.67. The first kappa shape index (κ1) is 20.9. The molecule has 0 radical (unpaired) electrons. The molecule has 0 saturated carbocycles. The van der Waals surface area contributed by atoms with Crippen molar-refractivity contribution in [2.45, 2.75) is 38.1 Å². The fourth-order valence-electron chi connectivity index (χ4n) is 1.95. The van der Waals surface area contributed by atoms with Crippen LogP contribution in [0.1, 0.15) is 31.4 Å². The molecule has 0 fully saturated rings. The average Bonchev–Trinajstić information content (AvgIpc) is 2.43. The summed E-state index contributed by atoms with van der Waals surface area (Å²) >= 11 is 0. The third-order valence-corrected chi connectivity index (χ3v) is 5.57. The van der Waals surface area contributed by atoms with E-state index in [1.807, 2.05) is 19.9 Å². The number of benzene rings is 1. The third-order valence-electron chi connectivity index (χ3n) is 3.67. The van der Waals surface area contributed by atoms with Gasteiger partial charge in [0, 0.05) is 19.6 Å². The monoisotopic (exact) mass is 345 g/mol. The van der Waals surface area contributed by atoms with Gasteiger partial charge in [-0.2, -0.15) is 5.26 Å². The van der Waals surface area contributed by atoms with Gasteiger partial charge in [-0.05, 0) is 30.9 Å². The number of nitrogens with two attached hydrogens (primary N) is 1. The van der Waals surface area contributed by atoms with Gasteiger partial charge in [-0.15, -0.1) is 12.4 Å². The second kappa shape index (κ2) is 8.49. The highest BCUT2D eigenvalue weighted by Gasteiger charge is 2.25. The molecule has 1 unspecified atom stereocenters. The number of rotatable bonds is 6. The average molecular weight is 346 g/mol. The molecule has 0 aromatic heterocycles.